The minimum atomic E-state index is 0.942. The summed E-state index contributed by atoms with van der Waals surface area (Å²) in [5, 5.41) is 10.3. The number of aryl methyl sites for hydroxylation is 3. The standard InChI is InChI=1S/2C26H18N4.C25H18N2/c1-28-24-15-14-17(16-25(24)30-23-13-7-4-10-20(23)27-26(28)30)29-21-11-5-2-8-18(21)19-9-3-6-12-22(19)29;1-28-21-10-4-2-8-18(21)19-16-17(14-15-22(19)28)29-24-12-6-7-13-25(24)30-23-11-5-3-9-20(23)27-26(29)30;1-26-22-11-5-2-10-20(22)21-16-17(14-15-23(21)26)27-24-12-6-3-8-18(24)19-9-4-7-13-25(19)27/h2*2-16H,1H3;2-16H,1H3. The Bertz CT molecular complexity index is 6090. The van der Waals surface area contributed by atoms with Gasteiger partial charge in [-0.05, 0) is 127 Å². The van der Waals surface area contributed by atoms with Gasteiger partial charge in [-0.15, -0.1) is 0 Å². The van der Waals surface area contributed by atoms with E-state index in [1.165, 1.54) is 109 Å². The molecule has 8 heterocycles. The highest BCUT2D eigenvalue weighted by atomic mass is 15.2. The average molecular weight is 1120 g/mol. The highest BCUT2D eigenvalue weighted by Gasteiger charge is 2.21. The summed E-state index contributed by atoms with van der Waals surface area (Å²) in [5.74, 6) is 1.91. The van der Waals surface area contributed by atoms with Crippen molar-refractivity contribution >= 4 is 143 Å². The molecule has 0 unspecified atom stereocenters. The Morgan fingerprint density at radius 3 is 0.977 bits per heavy atom. The van der Waals surface area contributed by atoms with Crippen molar-refractivity contribution < 1.29 is 0 Å². The number of rotatable bonds is 3. The first-order chi connectivity index (χ1) is 42.9. The van der Waals surface area contributed by atoms with Crippen LogP contribution in [0.2, 0.25) is 0 Å². The molecule has 0 aliphatic rings. The smallest absolute Gasteiger partial charge is 0.220 e. The third-order valence-electron chi connectivity index (χ3n) is 18.2. The van der Waals surface area contributed by atoms with Gasteiger partial charge in [-0.1, -0.05) is 146 Å². The van der Waals surface area contributed by atoms with Crippen molar-refractivity contribution in [3.63, 3.8) is 0 Å². The fourth-order valence-electron chi connectivity index (χ4n) is 14.3. The van der Waals surface area contributed by atoms with Gasteiger partial charge in [-0.3, -0.25) is 13.4 Å². The molecule has 0 saturated carbocycles. The monoisotopic (exact) mass is 1120 g/mol. The first-order valence-electron chi connectivity index (χ1n) is 29.6. The van der Waals surface area contributed by atoms with Crippen molar-refractivity contribution in [3.8, 4) is 17.1 Å². The van der Waals surface area contributed by atoms with Gasteiger partial charge in [0.1, 0.15) is 0 Å². The van der Waals surface area contributed by atoms with Crippen LogP contribution in [0.25, 0.3) is 160 Å². The molecular weight excluding hydrogens is 1060 g/mol. The van der Waals surface area contributed by atoms with Crippen molar-refractivity contribution in [1.29, 1.82) is 0 Å². The van der Waals surface area contributed by atoms with E-state index < -0.39 is 0 Å². The van der Waals surface area contributed by atoms with E-state index in [0.29, 0.717) is 0 Å². The minimum absolute atomic E-state index is 0.942. The third-order valence-corrected chi connectivity index (χ3v) is 18.2. The second kappa shape index (κ2) is 18.7. The Kier molecular flexibility index (Phi) is 10.5. The van der Waals surface area contributed by atoms with E-state index in [-0.39, 0.29) is 0 Å². The summed E-state index contributed by atoms with van der Waals surface area (Å²) in [6.07, 6.45) is 0. The summed E-state index contributed by atoms with van der Waals surface area (Å²) in [6.45, 7) is 0. The van der Waals surface area contributed by atoms with E-state index in [0.717, 1.165) is 50.5 Å². The third kappa shape index (κ3) is 7.09. The first-order valence-corrected chi connectivity index (χ1v) is 29.6. The van der Waals surface area contributed by atoms with E-state index in [1.807, 2.05) is 12.1 Å². The molecule has 0 saturated heterocycles. The zero-order chi connectivity index (χ0) is 57.6. The van der Waals surface area contributed by atoms with Crippen LogP contribution in [0.5, 0.6) is 0 Å². The summed E-state index contributed by atoms with van der Waals surface area (Å²) in [4.78, 5) is 9.86. The lowest BCUT2D eigenvalue weighted by atomic mass is 10.1. The van der Waals surface area contributed by atoms with Gasteiger partial charge in [0.15, 0.2) is 0 Å². The predicted molar refractivity (Wildman–Crippen MR) is 362 cm³/mol. The molecule has 87 heavy (non-hydrogen) atoms. The number of fused-ring (bicyclic) bond motifs is 22. The summed E-state index contributed by atoms with van der Waals surface area (Å²) in [7, 11) is 6.36. The van der Waals surface area contributed by atoms with Crippen molar-refractivity contribution in [2.24, 2.45) is 21.1 Å². The molecule has 20 rings (SSSR count). The fraction of sp³-hybridized carbons (Fsp3) is 0.0390. The van der Waals surface area contributed by atoms with Gasteiger partial charge in [0.05, 0.1) is 66.2 Å². The Morgan fingerprint density at radius 1 is 0.207 bits per heavy atom. The number of aromatic nitrogens is 10. The lowest BCUT2D eigenvalue weighted by Gasteiger charge is -2.08. The number of nitrogens with zero attached hydrogens (tertiary/aromatic N) is 10. The SMILES string of the molecule is Cn1c2ccc(-n3c4ccccc4c4ccccc43)cc2n2c3ccccc3nc12.Cn1c2ccccc2c2cc(-n3c4ccccc4c4ccccc43)ccc21.Cn1c2ccccc2c2cc(-n3c4ccccc4n4c5ccccc5nc34)ccc21. The molecule has 412 valence electrons. The summed E-state index contributed by atoms with van der Waals surface area (Å²) < 4.78 is 18.3. The van der Waals surface area contributed by atoms with Crippen molar-refractivity contribution in [2.75, 3.05) is 0 Å². The summed E-state index contributed by atoms with van der Waals surface area (Å²) in [5.41, 5.74) is 22.4. The van der Waals surface area contributed by atoms with E-state index >= 15 is 0 Å². The maximum atomic E-state index is 5.00. The minimum Gasteiger partial charge on any atom is -0.344 e. The quantitative estimate of drug-likeness (QED) is 0.177. The first kappa shape index (κ1) is 48.9. The Labute approximate surface area is 497 Å². The van der Waals surface area contributed by atoms with Crippen molar-refractivity contribution in [1.82, 2.24) is 46.2 Å². The number of hydrogen-bond donors (Lipinski definition) is 0. The second-order valence-corrected chi connectivity index (χ2v) is 22.8. The second-order valence-electron chi connectivity index (χ2n) is 22.8. The van der Waals surface area contributed by atoms with Crippen molar-refractivity contribution in [3.05, 3.63) is 273 Å². The van der Waals surface area contributed by atoms with E-state index in [1.54, 1.807) is 0 Å². The lowest BCUT2D eigenvalue weighted by molar-refractivity contribution is 0.973. The van der Waals surface area contributed by atoms with Crippen LogP contribution < -0.4 is 0 Å². The van der Waals surface area contributed by atoms with Crippen LogP contribution >= 0.6 is 0 Å². The van der Waals surface area contributed by atoms with E-state index in [4.69, 9.17) is 9.97 Å². The maximum Gasteiger partial charge on any atom is 0.220 e. The topological polar surface area (TPSA) is 64.2 Å². The molecular formula is C77H54N10. The van der Waals surface area contributed by atoms with Crippen LogP contribution in [0, 0.1) is 0 Å². The molecule has 20 aromatic rings. The molecule has 0 N–H and O–H groups in total. The number of benzene rings is 12. The number of imidazole rings is 4. The van der Waals surface area contributed by atoms with E-state index in [9.17, 15) is 0 Å². The van der Waals surface area contributed by atoms with Gasteiger partial charge in [0.25, 0.3) is 0 Å². The van der Waals surface area contributed by atoms with Crippen LogP contribution in [0.4, 0.5) is 0 Å². The zero-order valence-corrected chi connectivity index (χ0v) is 48.0. The molecule has 0 fully saturated rings. The fourth-order valence-corrected chi connectivity index (χ4v) is 14.3. The Morgan fingerprint density at radius 2 is 0.517 bits per heavy atom. The molecule has 0 radical (unpaired) electrons. The van der Waals surface area contributed by atoms with Crippen LogP contribution in [-0.4, -0.2) is 46.2 Å². The number of para-hydroxylation sites is 12. The van der Waals surface area contributed by atoms with Gasteiger partial charge in [0, 0.05) is 103 Å². The zero-order valence-electron chi connectivity index (χ0n) is 48.0. The van der Waals surface area contributed by atoms with Crippen LogP contribution in [0.15, 0.2) is 273 Å². The highest BCUT2D eigenvalue weighted by Crippen LogP contribution is 2.38. The molecule has 0 atom stereocenters. The van der Waals surface area contributed by atoms with Crippen LogP contribution in [0.1, 0.15) is 0 Å². The van der Waals surface area contributed by atoms with Gasteiger partial charge in [0.2, 0.25) is 11.6 Å². The Balaban J connectivity index is 0.0000000983. The molecule has 0 aliphatic heterocycles. The molecule has 0 spiro atoms. The highest BCUT2D eigenvalue weighted by molar-refractivity contribution is 6.13. The van der Waals surface area contributed by atoms with Gasteiger partial charge >= 0.3 is 0 Å². The molecule has 0 amide bonds. The molecule has 0 bridgehead atoms. The number of hydrogen-bond acceptors (Lipinski definition) is 2. The van der Waals surface area contributed by atoms with Crippen LogP contribution in [-0.2, 0) is 21.1 Å². The predicted octanol–water partition coefficient (Wildman–Crippen LogP) is 18.6. The molecule has 10 heteroatoms. The van der Waals surface area contributed by atoms with Gasteiger partial charge in [-0.25, -0.2) is 9.97 Å². The largest absolute Gasteiger partial charge is 0.344 e. The normalized spacial score (nSPS) is 12.1. The summed E-state index contributed by atoms with van der Waals surface area (Å²) in [6, 6.07) is 97.2. The van der Waals surface area contributed by atoms with Crippen LogP contribution in [0.3, 0.4) is 0 Å². The van der Waals surface area contributed by atoms with Gasteiger partial charge in [-0.2, -0.15) is 0 Å². The molecule has 12 aromatic carbocycles. The molecule has 8 aromatic heterocycles. The summed E-state index contributed by atoms with van der Waals surface area (Å²) >= 11 is 0. The maximum absolute atomic E-state index is 5.00. The van der Waals surface area contributed by atoms with Crippen molar-refractivity contribution in [2.45, 2.75) is 0 Å². The lowest BCUT2D eigenvalue weighted by Crippen LogP contribution is -1.95. The molecule has 0 aliphatic carbocycles. The molecule has 10 nitrogen and oxygen atoms in total. The Hall–Kier alpha value is -11.6. The average Bonchev–Trinajstić information content (AvgIpc) is 1.65. The van der Waals surface area contributed by atoms with Gasteiger partial charge < -0.3 is 22.8 Å². The van der Waals surface area contributed by atoms with E-state index in [2.05, 4.69) is 318 Å².